The van der Waals surface area contributed by atoms with Crippen molar-refractivity contribution in [3.8, 4) is 0 Å². The quantitative estimate of drug-likeness (QED) is 0.489. The number of nitrogens with one attached hydrogen (secondary N) is 2. The van der Waals surface area contributed by atoms with Gasteiger partial charge in [0.05, 0.1) is 28.2 Å². The lowest BCUT2D eigenvalue weighted by molar-refractivity contribution is 0.249. The van der Waals surface area contributed by atoms with Gasteiger partial charge >= 0.3 is 0 Å². The van der Waals surface area contributed by atoms with E-state index in [1.807, 2.05) is 13.8 Å². The molecule has 28 heavy (non-hydrogen) atoms. The summed E-state index contributed by atoms with van der Waals surface area (Å²) < 4.78 is 25.6. The summed E-state index contributed by atoms with van der Waals surface area (Å²) in [4.78, 5) is 4.82. The number of fused-ring (bicyclic) bond motifs is 1. The zero-order chi connectivity index (χ0) is 20.5. The molecule has 10 heteroatoms. The molecule has 150 valence electrons. The van der Waals surface area contributed by atoms with Gasteiger partial charge in [0.2, 0.25) is 0 Å². The van der Waals surface area contributed by atoms with Gasteiger partial charge in [-0.2, -0.15) is 9.61 Å². The van der Waals surface area contributed by atoms with Crippen LogP contribution in [0.15, 0.2) is 45.9 Å². The molecule has 0 radical (unpaired) electrons. The van der Waals surface area contributed by atoms with Crippen LogP contribution in [0.2, 0.25) is 0 Å². The molecule has 0 aliphatic rings. The zero-order valence-corrected chi connectivity index (χ0v) is 18.1. The molecule has 8 nitrogen and oxygen atoms in total. The lowest BCUT2D eigenvalue weighted by Gasteiger charge is -2.21. The van der Waals surface area contributed by atoms with Gasteiger partial charge in [0.1, 0.15) is 11.6 Å². The first kappa shape index (κ1) is 20.6. The number of nitrogens with zero attached hydrogens (tertiary/aromatic N) is 3. The van der Waals surface area contributed by atoms with Crippen molar-refractivity contribution in [3.05, 3.63) is 41.0 Å². The maximum Gasteiger partial charge on any atom is 0.175 e. The Kier molecular flexibility index (Phi) is 5.92. The summed E-state index contributed by atoms with van der Waals surface area (Å²) in [6, 6.07) is 8.14. The molecule has 3 aromatic rings. The van der Waals surface area contributed by atoms with E-state index in [4.69, 9.17) is 0 Å². The smallest absolute Gasteiger partial charge is 0.175 e. The third kappa shape index (κ3) is 4.45. The highest BCUT2D eigenvalue weighted by Crippen LogP contribution is 2.26. The van der Waals surface area contributed by atoms with E-state index in [9.17, 15) is 13.5 Å². The fourth-order valence-electron chi connectivity index (χ4n) is 2.65. The molecule has 0 fully saturated rings. The number of sulfone groups is 1. The maximum atomic E-state index is 11.6. The fraction of sp³-hybridized carbons (Fsp3) is 0.333. The summed E-state index contributed by atoms with van der Waals surface area (Å²) in [5.74, 6) is 1.46. The highest BCUT2D eigenvalue weighted by Gasteiger charge is 2.16. The number of benzene rings is 1. The minimum absolute atomic E-state index is 0.0132. The monoisotopic (exact) mass is 467 g/mol. The fourth-order valence-corrected chi connectivity index (χ4v) is 3.62. The van der Waals surface area contributed by atoms with E-state index >= 15 is 0 Å². The summed E-state index contributed by atoms with van der Waals surface area (Å²) in [6.45, 7) is 4.02. The first-order chi connectivity index (χ1) is 13.2. The van der Waals surface area contributed by atoms with E-state index in [0.717, 1.165) is 4.47 Å². The normalized spacial score (nSPS) is 13.1. The maximum absolute atomic E-state index is 11.6. The SMILES string of the molecule is CC(C)[C@@H](CO)Nc1cc(Nc2ccc(S(C)(=O)=O)cc2)n2ncc(Br)c2n1. The van der Waals surface area contributed by atoms with Crippen LogP contribution in [0.3, 0.4) is 0 Å². The number of aliphatic hydroxyl groups excluding tert-OH is 1. The largest absolute Gasteiger partial charge is 0.394 e. The highest BCUT2D eigenvalue weighted by atomic mass is 79.9. The van der Waals surface area contributed by atoms with Crippen molar-refractivity contribution >= 4 is 48.7 Å². The Hall–Kier alpha value is -2.17. The molecule has 0 saturated heterocycles. The minimum Gasteiger partial charge on any atom is -0.394 e. The molecule has 0 spiro atoms. The Morgan fingerprint density at radius 2 is 1.93 bits per heavy atom. The topological polar surface area (TPSA) is 109 Å². The highest BCUT2D eigenvalue weighted by molar-refractivity contribution is 9.10. The van der Waals surface area contributed by atoms with Crippen molar-refractivity contribution in [1.82, 2.24) is 14.6 Å². The van der Waals surface area contributed by atoms with Crippen molar-refractivity contribution in [2.24, 2.45) is 5.92 Å². The number of aliphatic hydroxyl groups is 1. The Balaban J connectivity index is 1.97. The van der Waals surface area contributed by atoms with Gasteiger partial charge in [0.25, 0.3) is 0 Å². The van der Waals surface area contributed by atoms with Crippen LogP contribution in [-0.2, 0) is 9.84 Å². The Morgan fingerprint density at radius 3 is 2.50 bits per heavy atom. The molecule has 0 bridgehead atoms. The van der Waals surface area contributed by atoms with Gasteiger partial charge in [-0.25, -0.2) is 13.4 Å². The molecule has 2 heterocycles. The number of halogens is 1. The van der Waals surface area contributed by atoms with Crippen LogP contribution in [-0.4, -0.2) is 47.0 Å². The van der Waals surface area contributed by atoms with Crippen LogP contribution in [0, 0.1) is 5.92 Å². The van der Waals surface area contributed by atoms with Crippen molar-refractivity contribution in [3.63, 3.8) is 0 Å². The standard InChI is InChI=1S/C18H22BrN5O3S/c1-11(2)15(10-25)22-16-8-17(24-18(23-16)14(19)9-20-24)21-12-4-6-13(7-5-12)28(3,26)27/h4-9,11,15,21,25H,10H2,1-3H3,(H,22,23)/t15-/m1/s1. The second kappa shape index (κ2) is 8.06. The van der Waals surface area contributed by atoms with E-state index in [2.05, 4.69) is 36.6 Å². The van der Waals surface area contributed by atoms with E-state index in [0.29, 0.717) is 23.0 Å². The van der Waals surface area contributed by atoms with Crippen LogP contribution in [0.5, 0.6) is 0 Å². The molecule has 0 aliphatic heterocycles. The molecular formula is C18H22BrN5O3S. The van der Waals surface area contributed by atoms with Crippen LogP contribution in [0.4, 0.5) is 17.3 Å². The summed E-state index contributed by atoms with van der Waals surface area (Å²) in [6.07, 6.45) is 2.82. The lowest BCUT2D eigenvalue weighted by atomic mass is 10.1. The summed E-state index contributed by atoms with van der Waals surface area (Å²) in [5, 5.41) is 20.4. The molecule has 0 amide bonds. The predicted octanol–water partition coefficient (Wildman–Crippen LogP) is 3.07. The van der Waals surface area contributed by atoms with Gasteiger partial charge in [0, 0.05) is 18.0 Å². The third-order valence-corrected chi connectivity index (χ3v) is 6.01. The van der Waals surface area contributed by atoms with Gasteiger partial charge in [-0.15, -0.1) is 0 Å². The summed E-state index contributed by atoms with van der Waals surface area (Å²) in [7, 11) is -3.25. The van der Waals surface area contributed by atoms with E-state index < -0.39 is 9.84 Å². The van der Waals surface area contributed by atoms with Gasteiger partial charge in [-0.05, 0) is 46.1 Å². The predicted molar refractivity (Wildman–Crippen MR) is 113 cm³/mol. The number of hydrogen-bond donors (Lipinski definition) is 3. The number of rotatable bonds is 7. The van der Waals surface area contributed by atoms with Crippen molar-refractivity contribution in [1.29, 1.82) is 0 Å². The van der Waals surface area contributed by atoms with Crippen LogP contribution >= 0.6 is 15.9 Å². The summed E-state index contributed by atoms with van der Waals surface area (Å²) >= 11 is 3.45. The van der Waals surface area contributed by atoms with Crippen molar-refractivity contribution < 1.29 is 13.5 Å². The number of hydrogen-bond acceptors (Lipinski definition) is 7. The second-order valence-electron chi connectivity index (χ2n) is 6.85. The molecule has 0 unspecified atom stereocenters. The van der Waals surface area contributed by atoms with Gasteiger partial charge in [-0.1, -0.05) is 13.8 Å². The third-order valence-electron chi connectivity index (χ3n) is 4.32. The number of anilines is 3. The number of aromatic nitrogens is 3. The molecule has 0 aliphatic carbocycles. The van der Waals surface area contributed by atoms with Gasteiger partial charge < -0.3 is 15.7 Å². The minimum atomic E-state index is -3.25. The summed E-state index contributed by atoms with van der Waals surface area (Å²) in [5.41, 5.74) is 1.32. The molecule has 3 N–H and O–H groups in total. The Morgan fingerprint density at radius 1 is 1.25 bits per heavy atom. The van der Waals surface area contributed by atoms with E-state index in [1.165, 1.54) is 6.26 Å². The van der Waals surface area contributed by atoms with Crippen LogP contribution < -0.4 is 10.6 Å². The molecule has 1 atom stereocenters. The van der Waals surface area contributed by atoms with Crippen LogP contribution in [0.1, 0.15) is 13.8 Å². The molecule has 1 aromatic carbocycles. The molecule has 2 aromatic heterocycles. The first-order valence-corrected chi connectivity index (χ1v) is 11.4. The molecule has 0 saturated carbocycles. The Labute approximate surface area is 172 Å². The second-order valence-corrected chi connectivity index (χ2v) is 9.72. The first-order valence-electron chi connectivity index (χ1n) is 8.68. The van der Waals surface area contributed by atoms with Crippen LogP contribution in [0.25, 0.3) is 5.65 Å². The van der Waals surface area contributed by atoms with E-state index in [-0.39, 0.29) is 23.5 Å². The average Bonchev–Trinajstić information content (AvgIpc) is 3.00. The van der Waals surface area contributed by atoms with Crippen molar-refractivity contribution in [2.45, 2.75) is 24.8 Å². The molecule has 3 rings (SSSR count). The Bertz CT molecular complexity index is 1080. The van der Waals surface area contributed by atoms with Gasteiger partial charge in [0.15, 0.2) is 15.5 Å². The average molecular weight is 468 g/mol. The van der Waals surface area contributed by atoms with E-state index in [1.54, 1.807) is 41.0 Å². The molecular weight excluding hydrogens is 446 g/mol. The lowest BCUT2D eigenvalue weighted by Crippen LogP contribution is -2.30. The zero-order valence-electron chi connectivity index (χ0n) is 15.7. The van der Waals surface area contributed by atoms with Gasteiger partial charge in [-0.3, -0.25) is 0 Å². The van der Waals surface area contributed by atoms with Crippen molar-refractivity contribution in [2.75, 3.05) is 23.5 Å².